The van der Waals surface area contributed by atoms with Crippen LogP contribution < -0.4 is 5.32 Å². The second-order valence-corrected chi connectivity index (χ2v) is 4.97. The van der Waals surface area contributed by atoms with Crippen molar-refractivity contribution in [1.29, 1.82) is 0 Å². The highest BCUT2D eigenvalue weighted by Gasteiger charge is 2.09. The smallest absolute Gasteiger partial charge is 0.335 e. The molecule has 94 valence electrons. The fraction of sp³-hybridized carbons (Fsp3) is 0.231. The van der Waals surface area contributed by atoms with Crippen LogP contribution in [0.15, 0.2) is 29.6 Å². The molecule has 5 heteroatoms. The summed E-state index contributed by atoms with van der Waals surface area (Å²) in [4.78, 5) is 15.1. The third-order valence-electron chi connectivity index (χ3n) is 2.52. The summed E-state index contributed by atoms with van der Waals surface area (Å²) in [6.07, 6.45) is 0. The molecule has 0 aliphatic carbocycles. The zero-order valence-electron chi connectivity index (χ0n) is 10.2. The molecule has 1 aromatic carbocycles. The van der Waals surface area contributed by atoms with Gasteiger partial charge in [-0.3, -0.25) is 0 Å². The number of carboxylic acid groups (broad SMARTS) is 1. The average molecular weight is 262 g/mol. The molecule has 2 aromatic rings. The lowest BCUT2D eigenvalue weighted by atomic mass is 10.2. The number of hydrogen-bond acceptors (Lipinski definition) is 4. The standard InChI is InChI=1S/C13H14N2O2S/c1-8-7-18-12(14-8)9(2)15-11-5-3-10(4-6-11)13(16)17/h3-7,9,15H,1-2H3,(H,16,17). The van der Waals surface area contributed by atoms with E-state index >= 15 is 0 Å². The highest BCUT2D eigenvalue weighted by atomic mass is 32.1. The monoisotopic (exact) mass is 262 g/mol. The van der Waals surface area contributed by atoms with Crippen LogP contribution >= 0.6 is 11.3 Å². The topological polar surface area (TPSA) is 62.2 Å². The normalized spacial score (nSPS) is 12.1. The van der Waals surface area contributed by atoms with E-state index in [1.54, 1.807) is 35.6 Å². The average Bonchev–Trinajstić information content (AvgIpc) is 2.76. The molecule has 2 rings (SSSR count). The Morgan fingerprint density at radius 2 is 2.06 bits per heavy atom. The third kappa shape index (κ3) is 2.87. The van der Waals surface area contributed by atoms with Crippen molar-refractivity contribution in [3.63, 3.8) is 0 Å². The van der Waals surface area contributed by atoms with E-state index in [0.29, 0.717) is 5.56 Å². The van der Waals surface area contributed by atoms with E-state index in [1.807, 2.05) is 19.2 Å². The first kappa shape index (κ1) is 12.6. The number of carbonyl (C=O) groups is 1. The number of aryl methyl sites for hydroxylation is 1. The Hall–Kier alpha value is -1.88. The van der Waals surface area contributed by atoms with Gasteiger partial charge < -0.3 is 10.4 Å². The van der Waals surface area contributed by atoms with Gasteiger partial charge in [0.05, 0.1) is 11.6 Å². The summed E-state index contributed by atoms with van der Waals surface area (Å²) in [6.45, 7) is 4.00. The van der Waals surface area contributed by atoms with E-state index in [1.165, 1.54) is 0 Å². The van der Waals surface area contributed by atoms with Gasteiger partial charge in [-0.05, 0) is 38.1 Å². The minimum Gasteiger partial charge on any atom is -0.478 e. The van der Waals surface area contributed by atoms with Crippen LogP contribution in [0.1, 0.15) is 34.0 Å². The lowest BCUT2D eigenvalue weighted by Gasteiger charge is -2.12. The number of thiazole rings is 1. The van der Waals surface area contributed by atoms with E-state index in [-0.39, 0.29) is 6.04 Å². The van der Waals surface area contributed by atoms with Gasteiger partial charge >= 0.3 is 5.97 Å². The van der Waals surface area contributed by atoms with Gasteiger partial charge in [0, 0.05) is 16.8 Å². The third-order valence-corrected chi connectivity index (χ3v) is 3.67. The van der Waals surface area contributed by atoms with Crippen LogP contribution in [-0.2, 0) is 0 Å². The molecule has 0 aliphatic heterocycles. The number of nitrogens with zero attached hydrogens (tertiary/aromatic N) is 1. The molecule has 1 unspecified atom stereocenters. The molecule has 0 amide bonds. The summed E-state index contributed by atoms with van der Waals surface area (Å²) < 4.78 is 0. The minimum atomic E-state index is -0.912. The number of rotatable bonds is 4. The Morgan fingerprint density at radius 1 is 1.39 bits per heavy atom. The minimum absolute atomic E-state index is 0.111. The number of aromatic nitrogens is 1. The predicted octanol–water partition coefficient (Wildman–Crippen LogP) is 3.32. The van der Waals surface area contributed by atoms with Crippen LogP contribution in [0.2, 0.25) is 0 Å². The first-order chi connectivity index (χ1) is 8.56. The Morgan fingerprint density at radius 3 is 2.56 bits per heavy atom. The molecule has 0 bridgehead atoms. The molecule has 18 heavy (non-hydrogen) atoms. The van der Waals surface area contributed by atoms with E-state index in [0.717, 1.165) is 16.4 Å². The molecular weight excluding hydrogens is 248 g/mol. The van der Waals surface area contributed by atoms with Crippen molar-refractivity contribution in [2.24, 2.45) is 0 Å². The van der Waals surface area contributed by atoms with E-state index in [2.05, 4.69) is 10.3 Å². The summed E-state index contributed by atoms with van der Waals surface area (Å²) in [6, 6.07) is 6.81. The molecule has 2 N–H and O–H groups in total. The quantitative estimate of drug-likeness (QED) is 0.887. The highest BCUT2D eigenvalue weighted by Crippen LogP contribution is 2.22. The van der Waals surface area contributed by atoms with Crippen molar-refractivity contribution in [2.75, 3.05) is 5.32 Å². The maximum Gasteiger partial charge on any atom is 0.335 e. The molecule has 0 spiro atoms. The van der Waals surface area contributed by atoms with Gasteiger partial charge in [0.2, 0.25) is 0 Å². The zero-order valence-corrected chi connectivity index (χ0v) is 11.0. The van der Waals surface area contributed by atoms with Crippen molar-refractivity contribution in [3.8, 4) is 0 Å². The van der Waals surface area contributed by atoms with Crippen molar-refractivity contribution < 1.29 is 9.90 Å². The SMILES string of the molecule is Cc1csc(C(C)Nc2ccc(C(=O)O)cc2)n1. The van der Waals surface area contributed by atoms with Gasteiger partial charge in [-0.1, -0.05) is 0 Å². The Balaban J connectivity index is 2.07. The van der Waals surface area contributed by atoms with Crippen LogP contribution in [-0.4, -0.2) is 16.1 Å². The van der Waals surface area contributed by atoms with Gasteiger partial charge in [-0.25, -0.2) is 9.78 Å². The molecular formula is C13H14N2O2S. The molecule has 1 aromatic heterocycles. The summed E-state index contributed by atoms with van der Waals surface area (Å²) in [5, 5.41) is 15.1. The summed E-state index contributed by atoms with van der Waals surface area (Å²) in [5.41, 5.74) is 2.20. The van der Waals surface area contributed by atoms with Gasteiger partial charge in [0.15, 0.2) is 0 Å². The highest BCUT2D eigenvalue weighted by molar-refractivity contribution is 7.09. The summed E-state index contributed by atoms with van der Waals surface area (Å²) in [5.74, 6) is -0.912. The molecule has 0 aliphatic rings. The van der Waals surface area contributed by atoms with E-state index in [4.69, 9.17) is 5.11 Å². The molecule has 0 radical (unpaired) electrons. The van der Waals surface area contributed by atoms with E-state index < -0.39 is 5.97 Å². The Bertz CT molecular complexity index is 548. The van der Waals surface area contributed by atoms with Crippen LogP contribution in [0.25, 0.3) is 0 Å². The molecule has 1 heterocycles. The van der Waals surface area contributed by atoms with Gasteiger partial charge in [0.25, 0.3) is 0 Å². The second kappa shape index (κ2) is 5.18. The van der Waals surface area contributed by atoms with E-state index in [9.17, 15) is 4.79 Å². The second-order valence-electron chi connectivity index (χ2n) is 4.08. The van der Waals surface area contributed by atoms with Gasteiger partial charge in [-0.2, -0.15) is 0 Å². The molecule has 4 nitrogen and oxygen atoms in total. The molecule has 0 fully saturated rings. The number of benzene rings is 1. The first-order valence-electron chi connectivity index (χ1n) is 5.58. The molecule has 1 atom stereocenters. The molecule has 0 saturated heterocycles. The number of nitrogens with one attached hydrogen (secondary N) is 1. The molecule has 0 saturated carbocycles. The lowest BCUT2D eigenvalue weighted by Crippen LogP contribution is -2.06. The van der Waals surface area contributed by atoms with Crippen LogP contribution in [0, 0.1) is 6.92 Å². The van der Waals surface area contributed by atoms with Gasteiger partial charge in [0.1, 0.15) is 5.01 Å². The van der Waals surface area contributed by atoms with Crippen molar-refractivity contribution in [3.05, 3.63) is 45.9 Å². The predicted molar refractivity (Wildman–Crippen MR) is 72.3 cm³/mol. The number of carboxylic acids is 1. The van der Waals surface area contributed by atoms with Crippen molar-refractivity contribution in [2.45, 2.75) is 19.9 Å². The zero-order chi connectivity index (χ0) is 13.1. The maximum absolute atomic E-state index is 10.7. The van der Waals surface area contributed by atoms with Crippen LogP contribution in [0.4, 0.5) is 5.69 Å². The number of hydrogen-bond donors (Lipinski definition) is 2. The fourth-order valence-electron chi connectivity index (χ4n) is 1.59. The maximum atomic E-state index is 10.7. The first-order valence-corrected chi connectivity index (χ1v) is 6.46. The summed E-state index contributed by atoms with van der Waals surface area (Å²) in [7, 11) is 0. The van der Waals surface area contributed by atoms with Crippen LogP contribution in [0.3, 0.4) is 0 Å². The van der Waals surface area contributed by atoms with Gasteiger partial charge in [-0.15, -0.1) is 11.3 Å². The fourth-order valence-corrected chi connectivity index (χ4v) is 2.40. The van der Waals surface area contributed by atoms with Crippen molar-refractivity contribution >= 4 is 23.0 Å². The lowest BCUT2D eigenvalue weighted by molar-refractivity contribution is 0.0697. The van der Waals surface area contributed by atoms with Crippen LogP contribution in [0.5, 0.6) is 0 Å². The summed E-state index contributed by atoms with van der Waals surface area (Å²) >= 11 is 1.62. The largest absolute Gasteiger partial charge is 0.478 e. The number of anilines is 1. The van der Waals surface area contributed by atoms with Crippen molar-refractivity contribution in [1.82, 2.24) is 4.98 Å². The Labute approximate surface area is 109 Å². The number of aromatic carboxylic acids is 1. The Kier molecular flexibility index (Phi) is 3.62.